The number of carboxylic acid groups (broad SMARTS) is 1. The van der Waals surface area contributed by atoms with Gasteiger partial charge in [0.15, 0.2) is 0 Å². The second kappa shape index (κ2) is 3.69. The molecule has 84 valence electrons. The molecular formula is C9H9N3O4. The molecule has 0 aromatic carbocycles. The summed E-state index contributed by atoms with van der Waals surface area (Å²) in [6.45, 7) is 0. The van der Waals surface area contributed by atoms with Gasteiger partial charge >= 0.3 is 5.97 Å². The van der Waals surface area contributed by atoms with Crippen LogP contribution in [0.25, 0.3) is 5.52 Å². The van der Waals surface area contributed by atoms with Crippen LogP contribution in [-0.4, -0.2) is 39.9 Å². The van der Waals surface area contributed by atoms with E-state index in [0.29, 0.717) is 5.52 Å². The summed E-state index contributed by atoms with van der Waals surface area (Å²) in [5.74, 6) is -0.612. The summed E-state index contributed by atoms with van der Waals surface area (Å²) in [7, 11) is 2.84. The number of fused-ring (bicyclic) bond motifs is 1. The van der Waals surface area contributed by atoms with Gasteiger partial charge in [-0.15, -0.1) is 0 Å². The van der Waals surface area contributed by atoms with Crippen LogP contribution in [0.1, 0.15) is 10.4 Å². The molecule has 0 fully saturated rings. The molecule has 0 bridgehead atoms. The van der Waals surface area contributed by atoms with Crippen molar-refractivity contribution < 1.29 is 19.4 Å². The average molecular weight is 223 g/mol. The first-order valence-electron chi connectivity index (χ1n) is 4.36. The van der Waals surface area contributed by atoms with Gasteiger partial charge in [-0.2, -0.15) is 10.1 Å². The lowest BCUT2D eigenvalue weighted by molar-refractivity contribution is 0.0698. The summed E-state index contributed by atoms with van der Waals surface area (Å²) < 4.78 is 11.4. The Labute approximate surface area is 90.2 Å². The maximum atomic E-state index is 11.0. The number of hydrogen-bond donors (Lipinski definition) is 1. The van der Waals surface area contributed by atoms with E-state index >= 15 is 0 Å². The summed E-state index contributed by atoms with van der Waals surface area (Å²) in [5.41, 5.74) is 0.361. The van der Waals surface area contributed by atoms with Crippen LogP contribution in [-0.2, 0) is 0 Å². The predicted octanol–water partition coefficient (Wildman–Crippen LogP) is 0.445. The molecule has 16 heavy (non-hydrogen) atoms. The van der Waals surface area contributed by atoms with E-state index < -0.39 is 5.97 Å². The van der Waals surface area contributed by atoms with E-state index in [2.05, 4.69) is 10.1 Å². The van der Waals surface area contributed by atoms with Crippen LogP contribution in [0.2, 0.25) is 0 Å². The van der Waals surface area contributed by atoms with Crippen LogP contribution >= 0.6 is 0 Å². The van der Waals surface area contributed by atoms with Crippen molar-refractivity contribution in [2.45, 2.75) is 0 Å². The maximum Gasteiger partial charge on any atom is 0.339 e. The minimum Gasteiger partial charge on any atom is -0.490 e. The van der Waals surface area contributed by atoms with Crippen LogP contribution < -0.4 is 9.47 Å². The van der Waals surface area contributed by atoms with Gasteiger partial charge < -0.3 is 14.6 Å². The van der Waals surface area contributed by atoms with E-state index in [9.17, 15) is 4.79 Å². The Balaban J connectivity index is 2.82. The fourth-order valence-electron chi connectivity index (χ4n) is 1.43. The number of carbonyl (C=O) groups is 1. The molecule has 0 saturated heterocycles. The number of aromatic carboxylic acids is 1. The zero-order chi connectivity index (χ0) is 11.7. The van der Waals surface area contributed by atoms with Gasteiger partial charge in [0, 0.05) is 0 Å². The van der Waals surface area contributed by atoms with Gasteiger partial charge in [0.25, 0.3) is 5.88 Å². The summed E-state index contributed by atoms with van der Waals surface area (Å²) in [5, 5.41) is 12.8. The monoisotopic (exact) mass is 223 g/mol. The minimum atomic E-state index is -1.08. The normalized spacial score (nSPS) is 10.4. The number of carboxylic acids is 1. The maximum absolute atomic E-state index is 11.0. The van der Waals surface area contributed by atoms with Crippen molar-refractivity contribution in [1.82, 2.24) is 14.6 Å². The number of ether oxygens (including phenoxy) is 2. The molecule has 2 rings (SSSR count). The van der Waals surface area contributed by atoms with Gasteiger partial charge in [0.05, 0.1) is 20.4 Å². The molecular weight excluding hydrogens is 214 g/mol. The Bertz CT molecular complexity index is 549. The van der Waals surface area contributed by atoms with Crippen molar-refractivity contribution in [3.05, 3.63) is 18.1 Å². The van der Waals surface area contributed by atoms with E-state index in [0.717, 1.165) is 0 Å². The first-order chi connectivity index (χ1) is 7.69. The fourth-order valence-corrected chi connectivity index (χ4v) is 1.43. The highest BCUT2D eigenvalue weighted by Gasteiger charge is 2.19. The molecule has 0 aliphatic heterocycles. The van der Waals surface area contributed by atoms with Crippen molar-refractivity contribution in [2.24, 2.45) is 0 Å². The summed E-state index contributed by atoms with van der Waals surface area (Å²) in [6.07, 6.45) is 2.60. The third-order valence-electron chi connectivity index (χ3n) is 2.12. The van der Waals surface area contributed by atoms with Crippen molar-refractivity contribution in [3.8, 4) is 11.6 Å². The van der Waals surface area contributed by atoms with Crippen molar-refractivity contribution >= 4 is 11.5 Å². The van der Waals surface area contributed by atoms with E-state index in [-0.39, 0.29) is 17.2 Å². The molecule has 0 atom stereocenters. The Hall–Kier alpha value is -2.31. The number of hydrogen-bond acceptors (Lipinski definition) is 5. The molecule has 2 heterocycles. The van der Waals surface area contributed by atoms with E-state index in [1.54, 1.807) is 0 Å². The molecule has 0 aliphatic carbocycles. The lowest BCUT2D eigenvalue weighted by Crippen LogP contribution is -2.01. The van der Waals surface area contributed by atoms with Crippen molar-refractivity contribution in [3.63, 3.8) is 0 Å². The van der Waals surface area contributed by atoms with Gasteiger partial charge in [-0.05, 0) is 0 Å². The number of nitrogens with zero attached hydrogens (tertiary/aromatic N) is 3. The molecule has 7 heteroatoms. The van der Waals surface area contributed by atoms with Gasteiger partial charge in [-0.1, -0.05) is 0 Å². The Morgan fingerprint density at radius 1 is 1.44 bits per heavy atom. The van der Waals surface area contributed by atoms with Crippen molar-refractivity contribution in [1.29, 1.82) is 0 Å². The van der Waals surface area contributed by atoms with E-state index in [1.165, 1.54) is 31.3 Å². The lowest BCUT2D eigenvalue weighted by atomic mass is 10.2. The third-order valence-corrected chi connectivity index (χ3v) is 2.12. The van der Waals surface area contributed by atoms with Crippen LogP contribution in [0.5, 0.6) is 11.6 Å². The van der Waals surface area contributed by atoms with Crippen molar-refractivity contribution in [2.75, 3.05) is 14.2 Å². The first kappa shape index (κ1) is 10.2. The Morgan fingerprint density at radius 2 is 2.19 bits per heavy atom. The quantitative estimate of drug-likeness (QED) is 0.812. The number of methoxy groups -OCH3 is 2. The van der Waals surface area contributed by atoms with E-state index in [4.69, 9.17) is 14.6 Å². The van der Waals surface area contributed by atoms with Gasteiger partial charge in [0.1, 0.15) is 17.4 Å². The highest BCUT2D eigenvalue weighted by Crippen LogP contribution is 2.31. The van der Waals surface area contributed by atoms with Gasteiger partial charge in [-0.25, -0.2) is 9.31 Å². The second-order valence-electron chi connectivity index (χ2n) is 2.94. The number of aromatic nitrogens is 3. The predicted molar refractivity (Wildman–Crippen MR) is 53.1 cm³/mol. The second-order valence-corrected chi connectivity index (χ2v) is 2.94. The molecule has 0 radical (unpaired) electrons. The zero-order valence-electron chi connectivity index (χ0n) is 8.67. The van der Waals surface area contributed by atoms with Crippen LogP contribution in [0.3, 0.4) is 0 Å². The SMILES string of the molecule is COc1ncn2ncc(C(=O)O)c2c1OC. The van der Waals surface area contributed by atoms with Crippen LogP contribution in [0.15, 0.2) is 12.5 Å². The highest BCUT2D eigenvalue weighted by molar-refractivity contribution is 5.97. The molecule has 1 N–H and O–H groups in total. The fraction of sp³-hybridized carbons (Fsp3) is 0.222. The van der Waals surface area contributed by atoms with Gasteiger partial charge in [0.2, 0.25) is 5.75 Å². The smallest absolute Gasteiger partial charge is 0.339 e. The standard InChI is InChI=1S/C9H9N3O4/c1-15-7-6-5(9(13)14)3-11-12(6)4-10-8(7)16-2/h3-4H,1-2H3,(H,13,14). The average Bonchev–Trinajstić information content (AvgIpc) is 2.71. The summed E-state index contributed by atoms with van der Waals surface area (Å²) in [4.78, 5) is 14.9. The molecule has 2 aromatic rings. The number of rotatable bonds is 3. The van der Waals surface area contributed by atoms with E-state index in [1.807, 2.05) is 0 Å². The highest BCUT2D eigenvalue weighted by atomic mass is 16.5. The van der Waals surface area contributed by atoms with Crippen LogP contribution in [0.4, 0.5) is 0 Å². The molecule has 7 nitrogen and oxygen atoms in total. The molecule has 0 amide bonds. The Kier molecular flexibility index (Phi) is 2.35. The summed E-state index contributed by atoms with van der Waals surface area (Å²) in [6, 6.07) is 0. The lowest BCUT2D eigenvalue weighted by Gasteiger charge is -2.07. The third kappa shape index (κ3) is 1.33. The molecule has 0 unspecified atom stereocenters. The minimum absolute atomic E-state index is 0.0394. The Morgan fingerprint density at radius 3 is 2.75 bits per heavy atom. The molecule has 0 spiro atoms. The zero-order valence-corrected chi connectivity index (χ0v) is 8.67. The first-order valence-corrected chi connectivity index (χ1v) is 4.36. The topological polar surface area (TPSA) is 86.0 Å². The largest absolute Gasteiger partial charge is 0.490 e. The van der Waals surface area contributed by atoms with Gasteiger partial charge in [-0.3, -0.25) is 0 Å². The molecule has 2 aromatic heterocycles. The molecule has 0 saturated carbocycles. The molecule has 0 aliphatic rings. The van der Waals surface area contributed by atoms with Crippen LogP contribution in [0, 0.1) is 0 Å². The summed E-state index contributed by atoms with van der Waals surface area (Å²) >= 11 is 0.